The third kappa shape index (κ3) is 6.22. The van der Waals surface area contributed by atoms with Crippen molar-refractivity contribution in [2.24, 2.45) is 0 Å². The summed E-state index contributed by atoms with van der Waals surface area (Å²) < 4.78 is 0. The van der Waals surface area contributed by atoms with E-state index in [0.717, 1.165) is 11.4 Å². The predicted octanol–water partition coefficient (Wildman–Crippen LogP) is 3.55. The quantitative estimate of drug-likeness (QED) is 0.563. The van der Waals surface area contributed by atoms with Crippen LogP contribution in [0, 0.1) is 13.8 Å². The monoisotopic (exact) mass is 359 g/mol. The topological polar surface area (TPSA) is 53.2 Å². The SMILES string of the molecule is Cc1ccc(NC(=S)NNC(=O)CSCc2ccccc2)cc1C. The Morgan fingerprint density at radius 1 is 1.04 bits per heavy atom. The van der Waals surface area contributed by atoms with E-state index < -0.39 is 0 Å². The van der Waals surface area contributed by atoms with Crippen LogP contribution in [0.5, 0.6) is 0 Å². The average Bonchev–Trinajstić information content (AvgIpc) is 2.57. The van der Waals surface area contributed by atoms with Crippen molar-refractivity contribution in [3.63, 3.8) is 0 Å². The van der Waals surface area contributed by atoms with Crippen LogP contribution in [-0.2, 0) is 10.5 Å². The van der Waals surface area contributed by atoms with Crippen LogP contribution in [0.3, 0.4) is 0 Å². The molecule has 3 N–H and O–H groups in total. The van der Waals surface area contributed by atoms with E-state index in [1.807, 2.05) is 55.5 Å². The van der Waals surface area contributed by atoms with Crippen LogP contribution >= 0.6 is 24.0 Å². The van der Waals surface area contributed by atoms with Gasteiger partial charge in [0, 0.05) is 11.4 Å². The van der Waals surface area contributed by atoms with Gasteiger partial charge in [-0.3, -0.25) is 15.6 Å². The van der Waals surface area contributed by atoms with E-state index in [-0.39, 0.29) is 5.91 Å². The summed E-state index contributed by atoms with van der Waals surface area (Å²) >= 11 is 6.73. The number of hydrogen-bond donors (Lipinski definition) is 3. The number of benzene rings is 2. The number of aryl methyl sites for hydroxylation is 2. The molecule has 24 heavy (non-hydrogen) atoms. The van der Waals surface area contributed by atoms with Crippen LogP contribution in [-0.4, -0.2) is 16.8 Å². The highest BCUT2D eigenvalue weighted by Crippen LogP contribution is 2.14. The first-order chi connectivity index (χ1) is 11.5. The van der Waals surface area contributed by atoms with Crippen LogP contribution in [0.1, 0.15) is 16.7 Å². The van der Waals surface area contributed by atoms with Crippen LogP contribution in [0.15, 0.2) is 48.5 Å². The van der Waals surface area contributed by atoms with Gasteiger partial charge in [-0.25, -0.2) is 0 Å². The minimum Gasteiger partial charge on any atom is -0.331 e. The van der Waals surface area contributed by atoms with Gasteiger partial charge in [-0.05, 0) is 54.9 Å². The Balaban J connectivity index is 1.67. The standard InChI is InChI=1S/C18H21N3OS2/c1-13-8-9-16(10-14(13)2)19-18(23)21-20-17(22)12-24-11-15-6-4-3-5-7-15/h3-10H,11-12H2,1-2H3,(H,20,22)(H2,19,21,23). The first-order valence-electron chi connectivity index (χ1n) is 7.59. The molecule has 0 bridgehead atoms. The molecule has 0 radical (unpaired) electrons. The highest BCUT2D eigenvalue weighted by Gasteiger charge is 2.04. The number of carbonyl (C=O) groups excluding carboxylic acids is 1. The second kappa shape index (κ2) is 9.30. The summed E-state index contributed by atoms with van der Waals surface area (Å²) in [4.78, 5) is 11.8. The van der Waals surface area contributed by atoms with E-state index in [2.05, 4.69) is 23.1 Å². The molecule has 0 spiro atoms. The van der Waals surface area contributed by atoms with Crippen molar-refractivity contribution in [3.05, 3.63) is 65.2 Å². The smallest absolute Gasteiger partial charge is 0.248 e. The molecule has 0 aliphatic carbocycles. The number of hydrogen-bond acceptors (Lipinski definition) is 3. The van der Waals surface area contributed by atoms with E-state index in [1.165, 1.54) is 16.7 Å². The molecule has 2 rings (SSSR count). The first kappa shape index (κ1) is 18.3. The minimum atomic E-state index is -0.111. The highest BCUT2D eigenvalue weighted by molar-refractivity contribution is 7.99. The van der Waals surface area contributed by atoms with Crippen LogP contribution in [0.25, 0.3) is 0 Å². The molecule has 4 nitrogen and oxygen atoms in total. The number of thioether (sulfide) groups is 1. The van der Waals surface area contributed by atoms with Crippen LogP contribution < -0.4 is 16.2 Å². The lowest BCUT2D eigenvalue weighted by atomic mass is 10.1. The van der Waals surface area contributed by atoms with Crippen molar-refractivity contribution in [1.29, 1.82) is 0 Å². The predicted molar refractivity (Wildman–Crippen MR) is 106 cm³/mol. The van der Waals surface area contributed by atoms with Crippen LogP contribution in [0.4, 0.5) is 5.69 Å². The van der Waals surface area contributed by atoms with Crippen LogP contribution in [0.2, 0.25) is 0 Å². The van der Waals surface area contributed by atoms with Crippen molar-refractivity contribution in [1.82, 2.24) is 10.9 Å². The third-order valence-electron chi connectivity index (χ3n) is 3.42. The first-order valence-corrected chi connectivity index (χ1v) is 9.15. The number of carbonyl (C=O) groups is 1. The van der Waals surface area contributed by atoms with Crippen molar-refractivity contribution >= 4 is 40.7 Å². The van der Waals surface area contributed by atoms with E-state index in [0.29, 0.717) is 10.9 Å². The lowest BCUT2D eigenvalue weighted by Crippen LogP contribution is -2.44. The molecule has 0 fully saturated rings. The van der Waals surface area contributed by atoms with Crippen molar-refractivity contribution in [2.45, 2.75) is 19.6 Å². The molecular formula is C18H21N3OS2. The molecule has 1 amide bonds. The maximum atomic E-state index is 11.8. The summed E-state index contributed by atoms with van der Waals surface area (Å²) in [6.07, 6.45) is 0. The van der Waals surface area contributed by atoms with Gasteiger partial charge in [0.25, 0.3) is 0 Å². The molecule has 2 aromatic rings. The normalized spacial score (nSPS) is 10.1. The summed E-state index contributed by atoms with van der Waals surface area (Å²) in [5, 5.41) is 3.41. The highest BCUT2D eigenvalue weighted by atomic mass is 32.2. The Bertz CT molecular complexity index is 705. The largest absolute Gasteiger partial charge is 0.331 e. The second-order valence-corrected chi connectivity index (χ2v) is 6.80. The number of rotatable bonds is 5. The summed E-state index contributed by atoms with van der Waals surface area (Å²) in [6.45, 7) is 4.10. The number of nitrogens with one attached hydrogen (secondary N) is 3. The molecule has 6 heteroatoms. The zero-order valence-corrected chi connectivity index (χ0v) is 15.4. The van der Waals surface area contributed by atoms with Crippen molar-refractivity contribution in [2.75, 3.05) is 11.1 Å². The fraction of sp³-hybridized carbons (Fsp3) is 0.222. The Hall–Kier alpha value is -2.05. The molecule has 0 atom stereocenters. The van der Waals surface area contributed by atoms with Gasteiger partial charge in [-0.1, -0.05) is 36.4 Å². The Morgan fingerprint density at radius 2 is 1.79 bits per heavy atom. The Kier molecular flexibility index (Phi) is 7.08. The van der Waals surface area contributed by atoms with Gasteiger partial charge in [-0.2, -0.15) is 0 Å². The molecule has 2 aromatic carbocycles. The molecule has 0 aliphatic heterocycles. The lowest BCUT2D eigenvalue weighted by molar-refractivity contribution is -0.119. The zero-order chi connectivity index (χ0) is 17.4. The minimum absolute atomic E-state index is 0.111. The molecule has 126 valence electrons. The molecule has 0 saturated heterocycles. The van der Waals surface area contributed by atoms with E-state index in [9.17, 15) is 4.79 Å². The number of amides is 1. The zero-order valence-electron chi connectivity index (χ0n) is 13.8. The maximum Gasteiger partial charge on any atom is 0.248 e. The molecule has 0 heterocycles. The van der Waals surface area contributed by atoms with Crippen molar-refractivity contribution < 1.29 is 4.79 Å². The molecular weight excluding hydrogens is 338 g/mol. The number of hydrazine groups is 1. The van der Waals surface area contributed by atoms with Gasteiger partial charge in [0.05, 0.1) is 5.75 Å². The Morgan fingerprint density at radius 3 is 2.50 bits per heavy atom. The van der Waals surface area contributed by atoms with Gasteiger partial charge >= 0.3 is 0 Å². The molecule has 0 aromatic heterocycles. The Labute approximate surface area is 152 Å². The summed E-state index contributed by atoms with van der Waals surface area (Å²) in [7, 11) is 0. The average molecular weight is 360 g/mol. The third-order valence-corrected chi connectivity index (χ3v) is 4.63. The molecule has 0 aliphatic rings. The van der Waals surface area contributed by atoms with E-state index >= 15 is 0 Å². The fourth-order valence-electron chi connectivity index (χ4n) is 1.98. The summed E-state index contributed by atoms with van der Waals surface area (Å²) in [6, 6.07) is 16.1. The number of anilines is 1. The van der Waals surface area contributed by atoms with Gasteiger partial charge in [-0.15, -0.1) is 11.8 Å². The lowest BCUT2D eigenvalue weighted by Gasteiger charge is -2.12. The number of thiocarbonyl (C=S) groups is 1. The maximum absolute atomic E-state index is 11.8. The van der Waals surface area contributed by atoms with Gasteiger partial charge in [0.2, 0.25) is 5.91 Å². The van der Waals surface area contributed by atoms with E-state index in [1.54, 1.807) is 11.8 Å². The fourth-order valence-corrected chi connectivity index (χ4v) is 2.94. The van der Waals surface area contributed by atoms with E-state index in [4.69, 9.17) is 12.2 Å². The summed E-state index contributed by atoms with van der Waals surface area (Å²) in [5.74, 6) is 1.06. The van der Waals surface area contributed by atoms with Gasteiger partial charge in [0.15, 0.2) is 5.11 Å². The van der Waals surface area contributed by atoms with Crippen molar-refractivity contribution in [3.8, 4) is 0 Å². The van der Waals surface area contributed by atoms with Gasteiger partial charge < -0.3 is 5.32 Å². The summed E-state index contributed by atoms with van der Waals surface area (Å²) in [5.41, 5.74) is 9.83. The van der Waals surface area contributed by atoms with Gasteiger partial charge in [0.1, 0.15) is 0 Å². The molecule has 0 unspecified atom stereocenters. The molecule has 0 saturated carbocycles. The second-order valence-electron chi connectivity index (χ2n) is 5.40.